The molecule has 1 amide bonds. The molecule has 3 rings (SSSR count). The van der Waals surface area contributed by atoms with Crippen LogP contribution in [0.25, 0.3) is 16.5 Å². The van der Waals surface area contributed by atoms with Crippen LogP contribution in [0.4, 0.5) is 11.6 Å². The van der Waals surface area contributed by atoms with Crippen molar-refractivity contribution in [3.8, 4) is 0 Å². The first-order valence-electron chi connectivity index (χ1n) is 7.95. The molecule has 9 heteroatoms. The van der Waals surface area contributed by atoms with Crippen molar-refractivity contribution in [1.82, 2.24) is 20.2 Å². The van der Waals surface area contributed by atoms with Gasteiger partial charge >= 0.3 is 0 Å². The molecule has 0 saturated carbocycles. The number of nitrogens with one attached hydrogen (secondary N) is 2. The van der Waals surface area contributed by atoms with E-state index in [0.29, 0.717) is 16.8 Å². The van der Waals surface area contributed by atoms with Crippen LogP contribution in [0.1, 0.15) is 23.0 Å². The first-order valence-corrected chi connectivity index (χ1v) is 7.95. The zero-order valence-electron chi connectivity index (χ0n) is 14.6. The van der Waals surface area contributed by atoms with Gasteiger partial charge in [-0.25, -0.2) is 9.97 Å². The lowest BCUT2D eigenvalue weighted by Crippen LogP contribution is -2.13. The minimum Gasteiger partial charge on any atom is -0.397 e. The summed E-state index contributed by atoms with van der Waals surface area (Å²) in [6.07, 6.45) is 6.10. The number of aliphatic imine (C=N–C) groups is 1. The third-order valence-electron chi connectivity index (χ3n) is 3.79. The number of H-pyrrole nitrogens is 1. The molecule has 2 aromatic heterocycles. The van der Waals surface area contributed by atoms with E-state index in [1.54, 1.807) is 6.08 Å². The highest BCUT2D eigenvalue weighted by Gasteiger charge is 2.15. The van der Waals surface area contributed by atoms with Crippen LogP contribution in [-0.2, 0) is 0 Å². The highest BCUT2D eigenvalue weighted by atomic mass is 16.1. The molecule has 27 heavy (non-hydrogen) atoms. The molecule has 0 atom stereocenters. The largest absolute Gasteiger partial charge is 0.397 e. The molecule has 0 aliphatic carbocycles. The molecule has 0 saturated heterocycles. The molecule has 2 heterocycles. The first kappa shape index (κ1) is 17.8. The summed E-state index contributed by atoms with van der Waals surface area (Å²) in [5.74, 6) is -0.256. The summed E-state index contributed by atoms with van der Waals surface area (Å²) in [6, 6.07) is 5.63. The first-order chi connectivity index (χ1) is 13.0. The van der Waals surface area contributed by atoms with Crippen molar-refractivity contribution >= 4 is 40.7 Å². The monoisotopic (exact) mass is 362 g/mol. The number of allylic oxidation sites excluding steroid dienone is 2. The van der Waals surface area contributed by atoms with Gasteiger partial charge in [0.15, 0.2) is 5.69 Å². The zero-order chi connectivity index (χ0) is 19.4. The summed E-state index contributed by atoms with van der Waals surface area (Å²) < 4.78 is 0. The smallest absolute Gasteiger partial charge is 0.276 e. The van der Waals surface area contributed by atoms with Crippen molar-refractivity contribution in [2.45, 2.75) is 6.92 Å². The Hall–Kier alpha value is -4.01. The number of hydrogen-bond donors (Lipinski definition) is 4. The Morgan fingerprint density at radius 2 is 2.07 bits per heavy atom. The summed E-state index contributed by atoms with van der Waals surface area (Å²) in [5, 5.41) is 10.3. The molecule has 3 aromatic rings. The Labute approximate surface area is 154 Å². The van der Waals surface area contributed by atoms with Gasteiger partial charge in [0.25, 0.3) is 5.91 Å². The summed E-state index contributed by atoms with van der Waals surface area (Å²) in [6.45, 7) is 5.29. The Bertz CT molecular complexity index is 1060. The van der Waals surface area contributed by atoms with Gasteiger partial charge < -0.3 is 16.8 Å². The normalized spacial score (nSPS) is 12.2. The van der Waals surface area contributed by atoms with Crippen LogP contribution in [-0.4, -0.2) is 32.8 Å². The van der Waals surface area contributed by atoms with Gasteiger partial charge in [0, 0.05) is 11.6 Å². The summed E-state index contributed by atoms with van der Waals surface area (Å²) in [5.41, 5.74) is 15.0. The predicted molar refractivity (Wildman–Crippen MR) is 106 cm³/mol. The molecular formula is C18H18N8O. The average Bonchev–Trinajstić information content (AvgIpc) is 3.07. The lowest BCUT2D eigenvalue weighted by atomic mass is 10.0. The van der Waals surface area contributed by atoms with Gasteiger partial charge in [-0.2, -0.15) is 5.10 Å². The van der Waals surface area contributed by atoms with E-state index in [2.05, 4.69) is 37.2 Å². The fourth-order valence-corrected chi connectivity index (χ4v) is 2.50. The number of fused-ring (bicyclic) bond motifs is 1. The second-order valence-corrected chi connectivity index (χ2v) is 5.76. The molecule has 0 spiro atoms. The number of nitrogen functional groups attached to an aromatic ring is 1. The number of nitrogens with two attached hydrogens (primary N) is 2. The van der Waals surface area contributed by atoms with E-state index >= 15 is 0 Å². The quantitative estimate of drug-likeness (QED) is 0.403. The number of carbonyl (C=O) groups excluding carboxylic acids is 1. The third-order valence-corrected chi connectivity index (χ3v) is 3.79. The van der Waals surface area contributed by atoms with Crippen molar-refractivity contribution in [1.29, 1.82) is 0 Å². The maximum Gasteiger partial charge on any atom is 0.276 e. The molecule has 0 radical (unpaired) electrons. The van der Waals surface area contributed by atoms with Gasteiger partial charge in [-0.3, -0.25) is 14.9 Å². The second kappa shape index (κ2) is 7.48. The van der Waals surface area contributed by atoms with E-state index in [1.165, 1.54) is 18.6 Å². The Morgan fingerprint density at radius 1 is 1.33 bits per heavy atom. The average molecular weight is 362 g/mol. The van der Waals surface area contributed by atoms with Gasteiger partial charge in [-0.1, -0.05) is 6.07 Å². The fourth-order valence-electron chi connectivity index (χ4n) is 2.50. The van der Waals surface area contributed by atoms with Crippen LogP contribution in [0.15, 0.2) is 53.6 Å². The van der Waals surface area contributed by atoms with Gasteiger partial charge in [0.2, 0.25) is 5.95 Å². The molecule has 9 nitrogen and oxygen atoms in total. The maximum atomic E-state index is 12.6. The number of aromatic nitrogens is 4. The van der Waals surface area contributed by atoms with Gasteiger partial charge in [0.05, 0.1) is 29.3 Å². The van der Waals surface area contributed by atoms with Gasteiger partial charge in [-0.05, 0) is 43.0 Å². The number of aromatic amines is 1. The number of hydrogen-bond acceptors (Lipinski definition) is 7. The Morgan fingerprint density at radius 3 is 2.78 bits per heavy atom. The van der Waals surface area contributed by atoms with E-state index in [4.69, 9.17) is 11.5 Å². The number of benzene rings is 1. The fraction of sp³-hybridized carbons (Fsp3) is 0.0556. The topological polar surface area (TPSA) is 148 Å². The van der Waals surface area contributed by atoms with E-state index in [0.717, 1.165) is 16.7 Å². The minimum atomic E-state index is -0.385. The summed E-state index contributed by atoms with van der Waals surface area (Å²) >= 11 is 0. The third kappa shape index (κ3) is 3.98. The summed E-state index contributed by atoms with van der Waals surface area (Å²) in [7, 11) is 0. The standard InChI is InChI=1S/C18H18N8O/c1-10(5-12(19)7-21-2)11-3-4-15-14(6-11)16(26-25-15)17(27)24-13-8-22-18(20)23-9-13/h3-9H,2,19H2,1H3,(H,24,27)(H,25,26)(H2,20,22,23)/b10-5+,12-7+. The van der Waals surface area contributed by atoms with Crippen LogP contribution in [0.5, 0.6) is 0 Å². The molecule has 1 aromatic carbocycles. The molecule has 136 valence electrons. The molecule has 0 fully saturated rings. The zero-order valence-corrected chi connectivity index (χ0v) is 14.6. The molecule has 6 N–H and O–H groups in total. The maximum absolute atomic E-state index is 12.6. The van der Waals surface area contributed by atoms with Crippen molar-refractivity contribution in [2.75, 3.05) is 11.1 Å². The lowest BCUT2D eigenvalue weighted by molar-refractivity contribution is 0.102. The van der Waals surface area contributed by atoms with Crippen molar-refractivity contribution in [2.24, 2.45) is 10.7 Å². The van der Waals surface area contributed by atoms with E-state index in [1.807, 2.05) is 25.1 Å². The molecule has 0 bridgehead atoms. The molecular weight excluding hydrogens is 344 g/mol. The number of amides is 1. The second-order valence-electron chi connectivity index (χ2n) is 5.76. The minimum absolute atomic E-state index is 0.130. The molecule has 0 aliphatic rings. The number of rotatable bonds is 5. The Kier molecular flexibility index (Phi) is 4.93. The predicted octanol–water partition coefficient (Wildman–Crippen LogP) is 2.09. The van der Waals surface area contributed by atoms with Crippen molar-refractivity contribution in [3.05, 3.63) is 59.8 Å². The highest BCUT2D eigenvalue weighted by molar-refractivity contribution is 6.11. The highest BCUT2D eigenvalue weighted by Crippen LogP contribution is 2.23. The van der Waals surface area contributed by atoms with E-state index < -0.39 is 0 Å². The summed E-state index contributed by atoms with van der Waals surface area (Å²) in [4.78, 5) is 23.9. The van der Waals surface area contributed by atoms with Gasteiger partial charge in [-0.15, -0.1) is 0 Å². The lowest BCUT2D eigenvalue weighted by Gasteiger charge is -2.05. The number of nitrogens with zero attached hydrogens (tertiary/aromatic N) is 4. The van der Waals surface area contributed by atoms with Crippen LogP contribution in [0.2, 0.25) is 0 Å². The van der Waals surface area contributed by atoms with Crippen LogP contribution < -0.4 is 16.8 Å². The van der Waals surface area contributed by atoms with Gasteiger partial charge in [0.1, 0.15) is 0 Å². The molecule has 0 aliphatic heterocycles. The molecule has 0 unspecified atom stereocenters. The van der Waals surface area contributed by atoms with E-state index in [9.17, 15) is 4.79 Å². The Balaban J connectivity index is 1.93. The van der Waals surface area contributed by atoms with Crippen LogP contribution >= 0.6 is 0 Å². The van der Waals surface area contributed by atoms with Crippen LogP contribution in [0.3, 0.4) is 0 Å². The SMILES string of the molecule is C=N/C=C(N)\C=C(/C)c1ccc2[nH]nc(C(=O)Nc3cnc(N)nc3)c2c1. The van der Waals surface area contributed by atoms with Crippen molar-refractivity contribution < 1.29 is 4.79 Å². The van der Waals surface area contributed by atoms with E-state index in [-0.39, 0.29) is 17.5 Å². The van der Waals surface area contributed by atoms with Crippen LogP contribution in [0, 0.1) is 0 Å². The number of carbonyl (C=O) groups is 1. The van der Waals surface area contributed by atoms with Crippen molar-refractivity contribution in [3.63, 3.8) is 0 Å². The number of anilines is 2.